The Labute approximate surface area is 138 Å². The topological polar surface area (TPSA) is 75.5 Å². The second kappa shape index (κ2) is 7.71. The van der Waals surface area contributed by atoms with Gasteiger partial charge in [-0.3, -0.25) is 19.8 Å². The Morgan fingerprint density at radius 2 is 2.00 bits per heavy atom. The van der Waals surface area contributed by atoms with Gasteiger partial charge in [0.25, 0.3) is 5.69 Å². The van der Waals surface area contributed by atoms with Crippen molar-refractivity contribution < 1.29 is 9.72 Å². The molecule has 0 atom stereocenters. The van der Waals surface area contributed by atoms with E-state index in [-0.39, 0.29) is 18.1 Å². The Morgan fingerprint density at radius 3 is 2.70 bits per heavy atom. The molecule has 0 unspecified atom stereocenters. The zero-order valence-electron chi connectivity index (χ0n) is 12.5. The van der Waals surface area contributed by atoms with Crippen LogP contribution in [-0.2, 0) is 11.3 Å². The van der Waals surface area contributed by atoms with Gasteiger partial charge in [-0.25, -0.2) is 0 Å². The van der Waals surface area contributed by atoms with E-state index in [9.17, 15) is 14.9 Å². The van der Waals surface area contributed by atoms with Crippen LogP contribution in [0, 0.1) is 10.1 Å². The van der Waals surface area contributed by atoms with Gasteiger partial charge >= 0.3 is 0 Å². The van der Waals surface area contributed by atoms with E-state index in [0.29, 0.717) is 17.3 Å². The maximum Gasteiger partial charge on any atom is 0.271 e. The molecule has 0 aliphatic heterocycles. The van der Waals surface area contributed by atoms with Gasteiger partial charge in [-0.05, 0) is 24.7 Å². The Morgan fingerprint density at radius 1 is 1.26 bits per heavy atom. The van der Waals surface area contributed by atoms with Crippen LogP contribution in [0.2, 0.25) is 5.02 Å². The Balaban J connectivity index is 1.93. The molecule has 1 N–H and O–H groups in total. The molecular formula is C16H16ClN3O3. The number of amides is 1. The Kier molecular flexibility index (Phi) is 5.67. The molecule has 120 valence electrons. The van der Waals surface area contributed by atoms with E-state index >= 15 is 0 Å². The van der Waals surface area contributed by atoms with E-state index in [1.165, 1.54) is 18.2 Å². The highest BCUT2D eigenvalue weighted by molar-refractivity contribution is 6.31. The van der Waals surface area contributed by atoms with E-state index in [1.54, 1.807) is 19.2 Å². The number of benzene rings is 2. The molecule has 0 aliphatic rings. The lowest BCUT2D eigenvalue weighted by Gasteiger charge is -2.17. The molecule has 2 aromatic carbocycles. The van der Waals surface area contributed by atoms with E-state index in [0.717, 1.165) is 5.56 Å². The third-order valence-electron chi connectivity index (χ3n) is 3.15. The lowest BCUT2D eigenvalue weighted by Crippen LogP contribution is -2.29. The quantitative estimate of drug-likeness (QED) is 0.650. The van der Waals surface area contributed by atoms with Gasteiger partial charge in [-0.2, -0.15) is 0 Å². The first-order chi connectivity index (χ1) is 11.0. The predicted molar refractivity (Wildman–Crippen MR) is 89.5 cm³/mol. The molecule has 1 amide bonds. The summed E-state index contributed by atoms with van der Waals surface area (Å²) in [5.74, 6) is -0.250. The number of rotatable bonds is 6. The van der Waals surface area contributed by atoms with Crippen LogP contribution >= 0.6 is 11.6 Å². The number of nitrogens with one attached hydrogen (secondary N) is 1. The maximum absolute atomic E-state index is 12.0. The second-order valence-electron chi connectivity index (χ2n) is 5.12. The number of likely N-dealkylation sites (N-methyl/N-ethyl adjacent to an activating group) is 1. The summed E-state index contributed by atoms with van der Waals surface area (Å²) < 4.78 is 0. The molecule has 0 bridgehead atoms. The number of nitro benzene ring substituents is 1. The van der Waals surface area contributed by atoms with Crippen molar-refractivity contribution >= 4 is 28.9 Å². The molecule has 0 heterocycles. The van der Waals surface area contributed by atoms with Crippen molar-refractivity contribution in [1.29, 1.82) is 0 Å². The summed E-state index contributed by atoms with van der Waals surface area (Å²) >= 11 is 6.09. The summed E-state index contributed by atoms with van der Waals surface area (Å²) in [7, 11) is 1.80. The molecule has 2 aromatic rings. The van der Waals surface area contributed by atoms with Gasteiger partial charge in [0.2, 0.25) is 5.91 Å². The fourth-order valence-electron chi connectivity index (χ4n) is 2.12. The van der Waals surface area contributed by atoms with E-state index < -0.39 is 4.92 Å². The van der Waals surface area contributed by atoms with Crippen LogP contribution in [0.1, 0.15) is 5.56 Å². The number of carbonyl (C=O) groups is 1. The monoisotopic (exact) mass is 333 g/mol. The molecule has 0 fully saturated rings. The number of non-ortho nitro benzene ring substituents is 1. The first-order valence-corrected chi connectivity index (χ1v) is 7.30. The highest BCUT2D eigenvalue weighted by Gasteiger charge is 2.11. The fourth-order valence-corrected chi connectivity index (χ4v) is 2.31. The summed E-state index contributed by atoms with van der Waals surface area (Å²) in [4.78, 5) is 24.1. The van der Waals surface area contributed by atoms with Gasteiger partial charge in [0, 0.05) is 29.4 Å². The highest BCUT2D eigenvalue weighted by Crippen LogP contribution is 2.18. The summed E-state index contributed by atoms with van der Waals surface area (Å²) in [6.07, 6.45) is 0. The van der Waals surface area contributed by atoms with Crippen LogP contribution in [0.5, 0.6) is 0 Å². The molecule has 0 saturated heterocycles. The van der Waals surface area contributed by atoms with Crippen molar-refractivity contribution in [2.24, 2.45) is 0 Å². The molecule has 0 aliphatic carbocycles. The van der Waals surface area contributed by atoms with Gasteiger partial charge in [0.05, 0.1) is 11.5 Å². The number of nitrogens with zero attached hydrogens (tertiary/aromatic N) is 2. The fraction of sp³-hybridized carbons (Fsp3) is 0.188. The average Bonchev–Trinajstić information content (AvgIpc) is 2.49. The minimum absolute atomic E-state index is 0.0628. The number of hydrogen-bond acceptors (Lipinski definition) is 4. The van der Waals surface area contributed by atoms with Gasteiger partial charge < -0.3 is 5.32 Å². The summed E-state index contributed by atoms with van der Waals surface area (Å²) in [5, 5.41) is 14.0. The summed E-state index contributed by atoms with van der Waals surface area (Å²) in [6, 6.07) is 13.3. The molecular weight excluding hydrogens is 318 g/mol. The summed E-state index contributed by atoms with van der Waals surface area (Å²) in [6.45, 7) is 0.677. The lowest BCUT2D eigenvalue weighted by atomic mass is 10.2. The van der Waals surface area contributed by atoms with Crippen molar-refractivity contribution in [1.82, 2.24) is 4.90 Å². The molecule has 0 spiro atoms. The van der Waals surface area contributed by atoms with E-state index in [4.69, 9.17) is 11.6 Å². The first-order valence-electron chi connectivity index (χ1n) is 6.92. The van der Waals surface area contributed by atoms with Crippen molar-refractivity contribution in [3.05, 3.63) is 69.2 Å². The van der Waals surface area contributed by atoms with E-state index in [1.807, 2.05) is 23.1 Å². The average molecular weight is 334 g/mol. The normalized spacial score (nSPS) is 10.6. The Bertz CT molecular complexity index is 721. The van der Waals surface area contributed by atoms with Crippen molar-refractivity contribution in [3.8, 4) is 0 Å². The van der Waals surface area contributed by atoms with Crippen LogP contribution in [0.4, 0.5) is 11.4 Å². The van der Waals surface area contributed by atoms with Gasteiger partial charge in [0.1, 0.15) is 0 Å². The zero-order valence-corrected chi connectivity index (χ0v) is 13.3. The maximum atomic E-state index is 12.0. The van der Waals surface area contributed by atoms with Crippen molar-refractivity contribution in [2.75, 3.05) is 18.9 Å². The minimum atomic E-state index is -0.501. The van der Waals surface area contributed by atoms with Gasteiger partial charge in [-0.1, -0.05) is 35.9 Å². The Hall–Kier alpha value is -2.44. The summed E-state index contributed by atoms with van der Waals surface area (Å²) in [5.41, 5.74) is 1.27. The number of carbonyl (C=O) groups excluding carboxylic acids is 1. The first kappa shape index (κ1) is 16.9. The van der Waals surface area contributed by atoms with Crippen LogP contribution in [-0.4, -0.2) is 29.3 Å². The number of halogens is 1. The zero-order chi connectivity index (χ0) is 16.8. The van der Waals surface area contributed by atoms with E-state index in [2.05, 4.69) is 5.32 Å². The third-order valence-corrected chi connectivity index (χ3v) is 3.52. The molecule has 2 rings (SSSR count). The number of hydrogen-bond donors (Lipinski definition) is 1. The SMILES string of the molecule is CN(CC(=O)Nc1cccc([N+](=O)[O-])c1)Cc1ccccc1Cl. The van der Waals surface area contributed by atoms with Crippen molar-refractivity contribution in [2.45, 2.75) is 6.54 Å². The van der Waals surface area contributed by atoms with Crippen molar-refractivity contribution in [3.63, 3.8) is 0 Å². The number of anilines is 1. The number of nitro groups is 1. The standard InChI is InChI=1S/C16H16ClN3O3/c1-19(10-12-5-2-3-8-15(12)17)11-16(21)18-13-6-4-7-14(9-13)20(22)23/h2-9H,10-11H2,1H3,(H,18,21). The lowest BCUT2D eigenvalue weighted by molar-refractivity contribution is -0.384. The molecule has 6 nitrogen and oxygen atoms in total. The predicted octanol–water partition coefficient (Wildman–Crippen LogP) is 3.32. The molecule has 0 saturated carbocycles. The largest absolute Gasteiger partial charge is 0.325 e. The molecule has 0 radical (unpaired) electrons. The highest BCUT2D eigenvalue weighted by atomic mass is 35.5. The van der Waals surface area contributed by atoms with Crippen LogP contribution in [0.25, 0.3) is 0 Å². The van der Waals surface area contributed by atoms with Gasteiger partial charge in [0.15, 0.2) is 0 Å². The smallest absolute Gasteiger partial charge is 0.271 e. The van der Waals surface area contributed by atoms with Crippen LogP contribution in [0.3, 0.4) is 0 Å². The molecule has 7 heteroatoms. The second-order valence-corrected chi connectivity index (χ2v) is 5.53. The molecule has 23 heavy (non-hydrogen) atoms. The van der Waals surface area contributed by atoms with Gasteiger partial charge in [-0.15, -0.1) is 0 Å². The molecule has 0 aromatic heterocycles. The third kappa shape index (κ3) is 5.05. The van der Waals surface area contributed by atoms with Crippen LogP contribution in [0.15, 0.2) is 48.5 Å². The van der Waals surface area contributed by atoms with Crippen LogP contribution < -0.4 is 5.32 Å². The minimum Gasteiger partial charge on any atom is -0.325 e.